The molecule has 0 aromatic carbocycles. The molecule has 0 heterocycles. The molecule has 2 N–H and O–H groups in total. The van der Waals surface area contributed by atoms with Gasteiger partial charge in [-0.3, -0.25) is 4.79 Å². The normalized spacial score (nSPS) is 25.1. The third-order valence-corrected chi connectivity index (χ3v) is 2.74. The Bertz CT molecular complexity index is 192. The lowest BCUT2D eigenvalue weighted by Crippen LogP contribution is -2.31. The minimum Gasteiger partial charge on any atom is -0.356 e. The fourth-order valence-corrected chi connectivity index (χ4v) is 1.49. The number of amides is 1. The van der Waals surface area contributed by atoms with Gasteiger partial charge in [-0.1, -0.05) is 20.8 Å². The van der Waals surface area contributed by atoms with Gasteiger partial charge in [0.05, 0.1) is 0 Å². The molecule has 1 rings (SSSR count). The van der Waals surface area contributed by atoms with E-state index in [2.05, 4.69) is 31.4 Å². The highest BCUT2D eigenvalue weighted by Crippen LogP contribution is 2.36. The summed E-state index contributed by atoms with van der Waals surface area (Å²) in [5.41, 5.74) is 0. The molecule has 0 radical (unpaired) electrons. The Morgan fingerprint density at radius 1 is 1.50 bits per heavy atom. The molecule has 82 valence electrons. The monoisotopic (exact) mass is 198 g/mol. The maximum atomic E-state index is 11.3. The van der Waals surface area contributed by atoms with Gasteiger partial charge in [0.15, 0.2) is 0 Å². The van der Waals surface area contributed by atoms with Gasteiger partial charge in [0.25, 0.3) is 0 Å². The van der Waals surface area contributed by atoms with E-state index in [-0.39, 0.29) is 5.91 Å². The summed E-state index contributed by atoms with van der Waals surface area (Å²) in [6, 6.07) is 0.464. The van der Waals surface area contributed by atoms with E-state index in [0.29, 0.717) is 12.5 Å². The summed E-state index contributed by atoms with van der Waals surface area (Å²) in [7, 11) is 0. The van der Waals surface area contributed by atoms with E-state index in [0.717, 1.165) is 24.9 Å². The summed E-state index contributed by atoms with van der Waals surface area (Å²) in [4.78, 5) is 11.3. The minimum absolute atomic E-state index is 0.178. The van der Waals surface area contributed by atoms with Crippen molar-refractivity contribution < 1.29 is 4.79 Å². The second-order valence-corrected chi connectivity index (χ2v) is 4.64. The highest BCUT2D eigenvalue weighted by atomic mass is 16.1. The van der Waals surface area contributed by atoms with Crippen LogP contribution < -0.4 is 10.6 Å². The molecule has 2 unspecified atom stereocenters. The zero-order valence-corrected chi connectivity index (χ0v) is 9.47. The molecular weight excluding hydrogens is 176 g/mol. The van der Waals surface area contributed by atoms with Crippen molar-refractivity contribution in [2.45, 2.75) is 39.7 Å². The van der Waals surface area contributed by atoms with Gasteiger partial charge in [-0.25, -0.2) is 0 Å². The van der Waals surface area contributed by atoms with E-state index in [4.69, 9.17) is 0 Å². The molecule has 0 aliphatic heterocycles. The largest absolute Gasteiger partial charge is 0.356 e. The molecule has 1 aliphatic carbocycles. The standard InChI is InChI=1S/C11H22N2O/c1-8(2)12-5-4-11(14)13-7-10-6-9(10)3/h8-10,12H,4-7H2,1-3H3,(H,13,14). The van der Waals surface area contributed by atoms with Crippen molar-refractivity contribution in [3.63, 3.8) is 0 Å². The second kappa shape index (κ2) is 5.35. The summed E-state index contributed by atoms with van der Waals surface area (Å²) in [5, 5.41) is 6.20. The van der Waals surface area contributed by atoms with E-state index in [1.54, 1.807) is 0 Å². The Morgan fingerprint density at radius 2 is 2.14 bits per heavy atom. The molecule has 0 aromatic heterocycles. The molecule has 0 spiro atoms. The highest BCUT2D eigenvalue weighted by molar-refractivity contribution is 5.76. The van der Waals surface area contributed by atoms with Crippen molar-refractivity contribution >= 4 is 5.91 Å². The lowest BCUT2D eigenvalue weighted by atomic mass is 10.3. The molecule has 0 aromatic rings. The average molecular weight is 198 g/mol. The number of nitrogens with one attached hydrogen (secondary N) is 2. The smallest absolute Gasteiger partial charge is 0.221 e. The lowest BCUT2D eigenvalue weighted by molar-refractivity contribution is -0.121. The first-order valence-corrected chi connectivity index (χ1v) is 5.59. The Balaban J connectivity index is 1.93. The first-order valence-electron chi connectivity index (χ1n) is 5.59. The topological polar surface area (TPSA) is 41.1 Å². The van der Waals surface area contributed by atoms with E-state index in [1.165, 1.54) is 6.42 Å². The predicted octanol–water partition coefficient (Wildman–Crippen LogP) is 1.15. The fourth-order valence-electron chi connectivity index (χ4n) is 1.49. The summed E-state index contributed by atoms with van der Waals surface area (Å²) < 4.78 is 0. The van der Waals surface area contributed by atoms with Gasteiger partial charge in [-0.2, -0.15) is 0 Å². The number of hydrogen-bond donors (Lipinski definition) is 2. The lowest BCUT2D eigenvalue weighted by Gasteiger charge is -2.08. The molecule has 0 bridgehead atoms. The molecule has 2 atom stereocenters. The molecule has 1 saturated carbocycles. The van der Waals surface area contributed by atoms with Crippen molar-refractivity contribution in [2.75, 3.05) is 13.1 Å². The summed E-state index contributed by atoms with van der Waals surface area (Å²) in [6.07, 6.45) is 1.88. The summed E-state index contributed by atoms with van der Waals surface area (Å²) in [6.45, 7) is 8.07. The molecular formula is C11H22N2O. The van der Waals surface area contributed by atoms with E-state index < -0.39 is 0 Å². The maximum absolute atomic E-state index is 11.3. The van der Waals surface area contributed by atoms with Crippen molar-refractivity contribution in [3.05, 3.63) is 0 Å². The maximum Gasteiger partial charge on any atom is 0.221 e. The fraction of sp³-hybridized carbons (Fsp3) is 0.909. The van der Waals surface area contributed by atoms with Crippen LogP contribution in [-0.2, 0) is 4.79 Å². The van der Waals surface area contributed by atoms with Gasteiger partial charge < -0.3 is 10.6 Å². The van der Waals surface area contributed by atoms with Crippen molar-refractivity contribution in [3.8, 4) is 0 Å². The van der Waals surface area contributed by atoms with Crippen LogP contribution in [0.5, 0.6) is 0 Å². The number of carbonyl (C=O) groups is 1. The predicted molar refractivity (Wildman–Crippen MR) is 58.0 cm³/mol. The van der Waals surface area contributed by atoms with Crippen LogP contribution in [0.1, 0.15) is 33.6 Å². The molecule has 3 heteroatoms. The second-order valence-electron chi connectivity index (χ2n) is 4.64. The van der Waals surface area contributed by atoms with Crippen molar-refractivity contribution in [1.29, 1.82) is 0 Å². The van der Waals surface area contributed by atoms with Gasteiger partial charge in [-0.15, -0.1) is 0 Å². The Hall–Kier alpha value is -0.570. The molecule has 1 fully saturated rings. The molecule has 14 heavy (non-hydrogen) atoms. The van der Waals surface area contributed by atoms with Gasteiger partial charge >= 0.3 is 0 Å². The molecule has 0 saturated heterocycles. The summed E-state index contributed by atoms with van der Waals surface area (Å²) in [5.74, 6) is 1.75. The van der Waals surface area contributed by atoms with Crippen LogP contribution in [0.2, 0.25) is 0 Å². The van der Waals surface area contributed by atoms with E-state index in [9.17, 15) is 4.79 Å². The third-order valence-electron chi connectivity index (χ3n) is 2.74. The van der Waals surface area contributed by atoms with E-state index >= 15 is 0 Å². The molecule has 1 amide bonds. The Kier molecular flexibility index (Phi) is 4.39. The SMILES string of the molecule is CC(C)NCCC(=O)NCC1CC1C. The Morgan fingerprint density at radius 3 is 2.64 bits per heavy atom. The van der Waals surface area contributed by atoms with Crippen LogP contribution in [0.25, 0.3) is 0 Å². The minimum atomic E-state index is 0.178. The van der Waals surface area contributed by atoms with Crippen LogP contribution in [0, 0.1) is 11.8 Å². The van der Waals surface area contributed by atoms with E-state index in [1.807, 2.05) is 0 Å². The zero-order chi connectivity index (χ0) is 10.6. The number of carbonyl (C=O) groups excluding carboxylic acids is 1. The van der Waals surface area contributed by atoms with Gasteiger partial charge in [0.1, 0.15) is 0 Å². The molecule has 1 aliphatic rings. The van der Waals surface area contributed by atoms with Crippen LogP contribution in [-0.4, -0.2) is 25.0 Å². The molecule has 3 nitrogen and oxygen atoms in total. The van der Waals surface area contributed by atoms with Crippen molar-refractivity contribution in [1.82, 2.24) is 10.6 Å². The first-order chi connectivity index (χ1) is 6.59. The highest BCUT2D eigenvalue weighted by Gasteiger charge is 2.32. The first kappa shape index (κ1) is 11.5. The van der Waals surface area contributed by atoms with Gasteiger partial charge in [-0.05, 0) is 18.3 Å². The van der Waals surface area contributed by atoms with Gasteiger partial charge in [0.2, 0.25) is 5.91 Å². The van der Waals surface area contributed by atoms with Gasteiger partial charge in [0, 0.05) is 25.6 Å². The van der Waals surface area contributed by atoms with Crippen LogP contribution in [0.4, 0.5) is 0 Å². The van der Waals surface area contributed by atoms with Crippen molar-refractivity contribution in [2.24, 2.45) is 11.8 Å². The van der Waals surface area contributed by atoms with Crippen LogP contribution >= 0.6 is 0 Å². The van der Waals surface area contributed by atoms with Crippen LogP contribution in [0.3, 0.4) is 0 Å². The quantitative estimate of drug-likeness (QED) is 0.672. The van der Waals surface area contributed by atoms with Crippen LogP contribution in [0.15, 0.2) is 0 Å². The summed E-state index contributed by atoms with van der Waals surface area (Å²) >= 11 is 0. The third kappa shape index (κ3) is 4.61. The average Bonchev–Trinajstić information content (AvgIpc) is 2.78. The Labute approximate surface area is 86.6 Å². The number of rotatable bonds is 6. The zero-order valence-electron chi connectivity index (χ0n) is 9.47. The number of hydrogen-bond acceptors (Lipinski definition) is 2.